The highest BCUT2D eigenvalue weighted by molar-refractivity contribution is 6.07. The summed E-state index contributed by atoms with van der Waals surface area (Å²) >= 11 is 0. The van der Waals surface area contributed by atoms with Crippen molar-refractivity contribution < 1.29 is 19.4 Å². The van der Waals surface area contributed by atoms with Crippen molar-refractivity contribution in [1.29, 1.82) is 0 Å². The molecule has 1 heterocycles. The van der Waals surface area contributed by atoms with Crippen LogP contribution in [-0.2, 0) is 9.53 Å². The zero-order chi connectivity index (χ0) is 11.3. The normalized spacial score (nSPS) is 10.9. The van der Waals surface area contributed by atoms with Crippen LogP contribution in [0.1, 0.15) is 10.4 Å². The van der Waals surface area contributed by atoms with Crippen LogP contribution in [0.2, 0.25) is 0 Å². The molecule has 78 valence electrons. The van der Waals surface area contributed by atoms with Gasteiger partial charge in [0.15, 0.2) is 5.78 Å². The fourth-order valence-electron chi connectivity index (χ4n) is 0.887. The summed E-state index contributed by atoms with van der Waals surface area (Å²) in [5.41, 5.74) is 0.334. The number of methoxy groups -OCH3 is 1. The van der Waals surface area contributed by atoms with Crippen molar-refractivity contribution in [2.24, 2.45) is 0 Å². The maximum absolute atomic E-state index is 11.4. The Morgan fingerprint density at radius 2 is 2.00 bits per heavy atom. The number of aliphatic hydroxyl groups excluding tert-OH is 1. The fraction of sp³-hybridized carbons (Fsp3) is 0.100. The standard InChI is InChI=1S/C10H9NO4/c1-15-10(14)9(13)6-8(12)7-2-4-11-5-3-7/h2-6,13H,1H3/b9-6-. The van der Waals surface area contributed by atoms with Crippen LogP contribution in [0, 0.1) is 0 Å². The molecule has 15 heavy (non-hydrogen) atoms. The van der Waals surface area contributed by atoms with E-state index in [0.29, 0.717) is 5.56 Å². The van der Waals surface area contributed by atoms with E-state index in [2.05, 4.69) is 9.72 Å². The molecule has 0 radical (unpaired) electrons. The molecular formula is C10H9NO4. The van der Waals surface area contributed by atoms with Gasteiger partial charge in [-0.15, -0.1) is 0 Å². The Kier molecular flexibility index (Phi) is 3.56. The molecule has 0 aliphatic carbocycles. The van der Waals surface area contributed by atoms with Gasteiger partial charge in [-0.2, -0.15) is 0 Å². The van der Waals surface area contributed by atoms with Gasteiger partial charge in [-0.25, -0.2) is 4.79 Å². The number of allylic oxidation sites excluding steroid dienone is 1. The average Bonchev–Trinajstić information content (AvgIpc) is 2.29. The lowest BCUT2D eigenvalue weighted by Gasteiger charge is -1.97. The molecular weight excluding hydrogens is 198 g/mol. The zero-order valence-corrected chi connectivity index (χ0v) is 8.01. The summed E-state index contributed by atoms with van der Waals surface area (Å²) in [4.78, 5) is 25.9. The largest absolute Gasteiger partial charge is 0.502 e. The molecule has 0 saturated carbocycles. The molecule has 0 bridgehead atoms. The minimum Gasteiger partial charge on any atom is -0.502 e. The Labute approximate surface area is 86.0 Å². The molecule has 5 nitrogen and oxygen atoms in total. The minimum atomic E-state index is -0.947. The lowest BCUT2D eigenvalue weighted by atomic mass is 10.1. The number of hydrogen-bond donors (Lipinski definition) is 1. The second kappa shape index (κ2) is 4.90. The van der Waals surface area contributed by atoms with Gasteiger partial charge in [0, 0.05) is 24.0 Å². The number of hydrogen-bond acceptors (Lipinski definition) is 5. The number of esters is 1. The molecule has 0 aliphatic heterocycles. The predicted octanol–water partition coefficient (Wildman–Crippen LogP) is 0.879. The third-order valence-electron chi connectivity index (χ3n) is 1.63. The summed E-state index contributed by atoms with van der Waals surface area (Å²) in [5.74, 6) is -2.16. The van der Waals surface area contributed by atoms with E-state index in [1.54, 1.807) is 0 Å². The fourth-order valence-corrected chi connectivity index (χ4v) is 0.887. The van der Waals surface area contributed by atoms with Gasteiger partial charge in [0.05, 0.1) is 7.11 Å². The molecule has 0 aromatic carbocycles. The van der Waals surface area contributed by atoms with Crippen molar-refractivity contribution >= 4 is 11.8 Å². The number of ketones is 1. The number of carbonyl (C=O) groups excluding carboxylic acids is 2. The molecule has 0 spiro atoms. The Hall–Kier alpha value is -2.17. The van der Waals surface area contributed by atoms with E-state index in [-0.39, 0.29) is 0 Å². The van der Waals surface area contributed by atoms with Gasteiger partial charge in [0.1, 0.15) is 0 Å². The van der Waals surface area contributed by atoms with Crippen molar-refractivity contribution in [3.63, 3.8) is 0 Å². The number of ether oxygens (including phenoxy) is 1. The van der Waals surface area contributed by atoms with Gasteiger partial charge < -0.3 is 9.84 Å². The summed E-state index contributed by atoms with van der Waals surface area (Å²) in [5, 5.41) is 9.10. The lowest BCUT2D eigenvalue weighted by Crippen LogP contribution is -2.06. The van der Waals surface area contributed by atoms with Gasteiger partial charge in [0.25, 0.3) is 0 Å². The molecule has 0 fully saturated rings. The van der Waals surface area contributed by atoms with E-state index in [1.165, 1.54) is 24.5 Å². The van der Waals surface area contributed by atoms with Crippen molar-refractivity contribution in [3.05, 3.63) is 41.9 Å². The number of nitrogens with zero attached hydrogens (tertiary/aromatic N) is 1. The topological polar surface area (TPSA) is 76.5 Å². The maximum atomic E-state index is 11.4. The quantitative estimate of drug-likeness (QED) is 0.344. The highest BCUT2D eigenvalue weighted by Crippen LogP contribution is 2.02. The van der Waals surface area contributed by atoms with E-state index in [9.17, 15) is 9.59 Å². The third-order valence-corrected chi connectivity index (χ3v) is 1.63. The molecule has 0 aliphatic rings. The monoisotopic (exact) mass is 207 g/mol. The van der Waals surface area contributed by atoms with Gasteiger partial charge in [0.2, 0.25) is 5.76 Å². The number of aromatic nitrogens is 1. The number of rotatable bonds is 3. The maximum Gasteiger partial charge on any atom is 0.373 e. The molecule has 1 rings (SSSR count). The van der Waals surface area contributed by atoms with Crippen LogP contribution in [0.15, 0.2) is 36.4 Å². The second-order valence-electron chi connectivity index (χ2n) is 2.62. The summed E-state index contributed by atoms with van der Waals surface area (Å²) in [6, 6.07) is 2.95. The van der Waals surface area contributed by atoms with E-state index in [4.69, 9.17) is 5.11 Å². The number of aliphatic hydroxyl groups is 1. The summed E-state index contributed by atoms with van der Waals surface area (Å²) < 4.78 is 4.23. The van der Waals surface area contributed by atoms with Gasteiger partial charge >= 0.3 is 5.97 Å². The van der Waals surface area contributed by atoms with Crippen molar-refractivity contribution in [1.82, 2.24) is 4.98 Å². The Morgan fingerprint density at radius 3 is 2.53 bits per heavy atom. The van der Waals surface area contributed by atoms with Crippen LogP contribution < -0.4 is 0 Å². The van der Waals surface area contributed by atoms with E-state index in [0.717, 1.165) is 13.2 Å². The molecule has 1 N–H and O–H groups in total. The van der Waals surface area contributed by atoms with Gasteiger partial charge in [-0.3, -0.25) is 9.78 Å². The van der Waals surface area contributed by atoms with Crippen molar-refractivity contribution in [2.75, 3.05) is 7.11 Å². The van der Waals surface area contributed by atoms with E-state index in [1.807, 2.05) is 0 Å². The van der Waals surface area contributed by atoms with E-state index >= 15 is 0 Å². The SMILES string of the molecule is COC(=O)/C(O)=C/C(=O)c1ccncc1. The highest BCUT2D eigenvalue weighted by atomic mass is 16.5. The summed E-state index contributed by atoms with van der Waals surface area (Å²) in [6.45, 7) is 0. The molecule has 0 atom stereocenters. The molecule has 0 amide bonds. The van der Waals surface area contributed by atoms with Crippen LogP contribution in [0.4, 0.5) is 0 Å². The lowest BCUT2D eigenvalue weighted by molar-refractivity contribution is -0.139. The molecule has 1 aromatic heterocycles. The van der Waals surface area contributed by atoms with Crippen molar-refractivity contribution in [3.8, 4) is 0 Å². The van der Waals surface area contributed by atoms with E-state index < -0.39 is 17.5 Å². The minimum absolute atomic E-state index is 0.334. The van der Waals surface area contributed by atoms with Gasteiger partial charge in [-0.1, -0.05) is 0 Å². The Bertz CT molecular complexity index is 397. The van der Waals surface area contributed by atoms with Crippen LogP contribution in [0.25, 0.3) is 0 Å². The first-order valence-electron chi connectivity index (χ1n) is 4.08. The third kappa shape index (κ3) is 2.91. The van der Waals surface area contributed by atoms with Gasteiger partial charge in [-0.05, 0) is 12.1 Å². The first kappa shape index (κ1) is 10.9. The first-order chi connectivity index (χ1) is 7.15. The average molecular weight is 207 g/mol. The molecule has 0 saturated heterocycles. The second-order valence-corrected chi connectivity index (χ2v) is 2.62. The van der Waals surface area contributed by atoms with Crippen LogP contribution in [0.5, 0.6) is 0 Å². The summed E-state index contributed by atoms with van der Waals surface area (Å²) in [7, 11) is 1.11. The zero-order valence-electron chi connectivity index (χ0n) is 8.01. The Balaban J connectivity index is 2.84. The first-order valence-corrected chi connectivity index (χ1v) is 4.08. The molecule has 5 heteroatoms. The van der Waals surface area contributed by atoms with Crippen molar-refractivity contribution in [2.45, 2.75) is 0 Å². The summed E-state index contributed by atoms with van der Waals surface area (Å²) in [6.07, 6.45) is 3.69. The smallest absolute Gasteiger partial charge is 0.373 e. The highest BCUT2D eigenvalue weighted by Gasteiger charge is 2.10. The molecule has 0 unspecified atom stereocenters. The Morgan fingerprint density at radius 1 is 1.40 bits per heavy atom. The van der Waals surface area contributed by atoms with Crippen LogP contribution in [0.3, 0.4) is 0 Å². The number of pyridine rings is 1. The van der Waals surface area contributed by atoms with Crippen LogP contribution >= 0.6 is 0 Å². The molecule has 1 aromatic rings. The number of carbonyl (C=O) groups is 2. The predicted molar refractivity (Wildman–Crippen MR) is 51.3 cm³/mol. The van der Waals surface area contributed by atoms with Crippen LogP contribution in [-0.4, -0.2) is 29.0 Å².